The molecule has 22 heavy (non-hydrogen) atoms. The van der Waals surface area contributed by atoms with Crippen LogP contribution in [0.1, 0.15) is 18.5 Å². The largest absolute Gasteiger partial charge is 0.324 e. The van der Waals surface area contributed by atoms with E-state index >= 15 is 0 Å². The Morgan fingerprint density at radius 2 is 1.86 bits per heavy atom. The number of pyridine rings is 1. The number of carbonyl (C=O) groups excluding carboxylic acids is 1. The average Bonchev–Trinajstić information content (AvgIpc) is 2.49. The van der Waals surface area contributed by atoms with Gasteiger partial charge < -0.3 is 5.32 Å². The van der Waals surface area contributed by atoms with Crippen LogP contribution in [0.4, 0.5) is 11.4 Å². The van der Waals surface area contributed by atoms with E-state index in [1.807, 2.05) is 19.1 Å². The summed E-state index contributed by atoms with van der Waals surface area (Å²) in [7, 11) is 0. The number of carbonyl (C=O) groups is 1. The molecule has 7 nitrogen and oxygen atoms in total. The number of anilines is 1. The molecule has 0 saturated heterocycles. The number of hydrogen-bond donors (Lipinski definition) is 1. The van der Waals surface area contributed by atoms with E-state index in [1.165, 1.54) is 6.92 Å². The van der Waals surface area contributed by atoms with E-state index in [9.17, 15) is 19.7 Å². The minimum atomic E-state index is -0.867. The van der Waals surface area contributed by atoms with E-state index < -0.39 is 22.4 Å². The molecule has 1 N–H and O–H groups in total. The summed E-state index contributed by atoms with van der Waals surface area (Å²) < 4.78 is 1.04. The molecule has 0 bridgehead atoms. The zero-order chi connectivity index (χ0) is 16.3. The van der Waals surface area contributed by atoms with Gasteiger partial charge in [0.05, 0.1) is 11.1 Å². The van der Waals surface area contributed by atoms with Crippen molar-refractivity contribution in [2.75, 3.05) is 5.32 Å². The molecule has 0 spiro atoms. The SMILES string of the molecule is Cc1ccc(NC(=O)[C@H](C)n2cc([N+](=O)[O-])ccc2=O)cc1. The van der Waals surface area contributed by atoms with Crippen molar-refractivity contribution < 1.29 is 9.72 Å². The molecule has 1 atom stereocenters. The van der Waals surface area contributed by atoms with Gasteiger partial charge in [-0.15, -0.1) is 0 Å². The predicted molar refractivity (Wildman–Crippen MR) is 81.9 cm³/mol. The molecule has 2 rings (SSSR count). The number of benzene rings is 1. The topological polar surface area (TPSA) is 94.2 Å². The van der Waals surface area contributed by atoms with Crippen molar-refractivity contribution in [2.24, 2.45) is 0 Å². The smallest absolute Gasteiger partial charge is 0.285 e. The van der Waals surface area contributed by atoms with E-state index in [0.717, 1.165) is 28.5 Å². The highest BCUT2D eigenvalue weighted by Crippen LogP contribution is 2.14. The van der Waals surface area contributed by atoms with E-state index in [-0.39, 0.29) is 5.69 Å². The average molecular weight is 301 g/mol. The number of nitrogens with one attached hydrogen (secondary N) is 1. The number of hydrogen-bond acceptors (Lipinski definition) is 4. The number of aromatic nitrogens is 1. The summed E-state index contributed by atoms with van der Waals surface area (Å²) in [6, 6.07) is 8.51. The zero-order valence-electron chi connectivity index (χ0n) is 12.1. The molecule has 2 aromatic rings. The summed E-state index contributed by atoms with van der Waals surface area (Å²) >= 11 is 0. The minimum Gasteiger partial charge on any atom is -0.324 e. The van der Waals surface area contributed by atoms with E-state index in [2.05, 4.69) is 5.32 Å². The van der Waals surface area contributed by atoms with E-state index in [1.54, 1.807) is 12.1 Å². The number of rotatable bonds is 4. The van der Waals surface area contributed by atoms with Gasteiger partial charge in [0.2, 0.25) is 5.91 Å². The summed E-state index contributed by atoms with van der Waals surface area (Å²) in [5, 5.41) is 13.4. The molecule has 0 saturated carbocycles. The second-order valence-electron chi connectivity index (χ2n) is 4.92. The fourth-order valence-corrected chi connectivity index (χ4v) is 1.91. The fourth-order valence-electron chi connectivity index (χ4n) is 1.91. The maximum atomic E-state index is 12.2. The Labute approximate surface area is 126 Å². The van der Waals surface area contributed by atoms with Crippen molar-refractivity contribution in [3.05, 3.63) is 68.6 Å². The molecule has 0 aliphatic heterocycles. The summed E-state index contributed by atoms with van der Waals surface area (Å²) in [5.74, 6) is -0.425. The summed E-state index contributed by atoms with van der Waals surface area (Å²) in [6.45, 7) is 3.44. The first-order valence-corrected chi connectivity index (χ1v) is 6.62. The molecular formula is C15H15N3O4. The van der Waals surface area contributed by atoms with Gasteiger partial charge in [0.1, 0.15) is 6.04 Å². The minimum absolute atomic E-state index is 0.241. The fraction of sp³-hybridized carbons (Fsp3) is 0.200. The summed E-state index contributed by atoms with van der Waals surface area (Å²) in [6.07, 6.45) is 1.07. The van der Waals surface area contributed by atoms with Gasteiger partial charge in [0.15, 0.2) is 0 Å². The third-order valence-electron chi connectivity index (χ3n) is 3.25. The molecule has 0 fully saturated rings. The monoisotopic (exact) mass is 301 g/mol. The number of amides is 1. The van der Waals surface area contributed by atoms with Crippen LogP contribution < -0.4 is 10.9 Å². The lowest BCUT2D eigenvalue weighted by molar-refractivity contribution is -0.385. The molecule has 1 aromatic carbocycles. The van der Waals surface area contributed by atoms with Gasteiger partial charge in [-0.05, 0) is 26.0 Å². The van der Waals surface area contributed by atoms with Crippen LogP contribution in [-0.2, 0) is 4.79 Å². The second kappa shape index (κ2) is 6.21. The second-order valence-corrected chi connectivity index (χ2v) is 4.92. The highest BCUT2D eigenvalue weighted by Gasteiger charge is 2.18. The van der Waals surface area contributed by atoms with Crippen LogP contribution in [0.3, 0.4) is 0 Å². The molecule has 1 amide bonds. The van der Waals surface area contributed by atoms with Gasteiger partial charge in [-0.25, -0.2) is 0 Å². The Morgan fingerprint density at radius 1 is 1.23 bits per heavy atom. The first kappa shape index (κ1) is 15.4. The molecule has 0 aliphatic rings. The predicted octanol–water partition coefficient (Wildman–Crippen LogP) is 2.26. The van der Waals surface area contributed by atoms with Gasteiger partial charge in [-0.2, -0.15) is 0 Å². The van der Waals surface area contributed by atoms with Crippen LogP contribution in [0.5, 0.6) is 0 Å². The quantitative estimate of drug-likeness (QED) is 0.692. The lowest BCUT2D eigenvalue weighted by Crippen LogP contribution is -2.31. The van der Waals surface area contributed by atoms with Crippen molar-refractivity contribution >= 4 is 17.3 Å². The molecular weight excluding hydrogens is 286 g/mol. The van der Waals surface area contributed by atoms with Crippen molar-refractivity contribution in [3.63, 3.8) is 0 Å². The van der Waals surface area contributed by atoms with Gasteiger partial charge in [-0.3, -0.25) is 24.3 Å². The zero-order valence-corrected chi connectivity index (χ0v) is 12.1. The Balaban J connectivity index is 2.23. The molecule has 0 aliphatic carbocycles. The highest BCUT2D eigenvalue weighted by atomic mass is 16.6. The summed E-state index contributed by atoms with van der Waals surface area (Å²) in [4.78, 5) is 34.1. The molecule has 114 valence electrons. The van der Waals surface area contributed by atoms with Crippen molar-refractivity contribution in [1.29, 1.82) is 0 Å². The third-order valence-corrected chi connectivity index (χ3v) is 3.25. The molecule has 0 unspecified atom stereocenters. The molecule has 7 heteroatoms. The lowest BCUT2D eigenvalue weighted by Gasteiger charge is -2.14. The van der Waals surface area contributed by atoms with Gasteiger partial charge in [0, 0.05) is 17.8 Å². The Morgan fingerprint density at radius 3 is 2.45 bits per heavy atom. The van der Waals surface area contributed by atoms with Gasteiger partial charge in [-0.1, -0.05) is 17.7 Å². The Bertz CT molecular complexity index is 765. The lowest BCUT2D eigenvalue weighted by atomic mass is 10.2. The van der Waals surface area contributed by atoms with Crippen LogP contribution in [0.2, 0.25) is 0 Å². The van der Waals surface area contributed by atoms with Crippen molar-refractivity contribution in [3.8, 4) is 0 Å². The first-order valence-electron chi connectivity index (χ1n) is 6.62. The van der Waals surface area contributed by atoms with Gasteiger partial charge >= 0.3 is 0 Å². The van der Waals surface area contributed by atoms with Crippen molar-refractivity contribution in [1.82, 2.24) is 4.57 Å². The highest BCUT2D eigenvalue weighted by molar-refractivity contribution is 5.93. The standard InChI is InChI=1S/C15H15N3O4/c1-10-3-5-12(6-4-10)16-15(20)11(2)17-9-13(18(21)22)7-8-14(17)19/h3-9,11H,1-2H3,(H,16,20)/t11-/m0/s1. The Hall–Kier alpha value is -2.96. The van der Waals surface area contributed by atoms with Crippen LogP contribution in [0, 0.1) is 17.0 Å². The number of aryl methyl sites for hydroxylation is 1. The molecule has 0 radical (unpaired) electrons. The molecule has 1 aromatic heterocycles. The van der Waals surface area contributed by atoms with Crippen LogP contribution in [-0.4, -0.2) is 15.4 Å². The maximum Gasteiger partial charge on any atom is 0.285 e. The number of nitrogens with zero attached hydrogens (tertiary/aromatic N) is 2. The maximum absolute atomic E-state index is 12.2. The Kier molecular flexibility index (Phi) is 4.36. The van der Waals surface area contributed by atoms with Crippen LogP contribution in [0.15, 0.2) is 47.4 Å². The van der Waals surface area contributed by atoms with Crippen LogP contribution in [0.25, 0.3) is 0 Å². The molecule has 1 heterocycles. The third kappa shape index (κ3) is 3.38. The van der Waals surface area contributed by atoms with Crippen LogP contribution >= 0.6 is 0 Å². The summed E-state index contributed by atoms with van der Waals surface area (Å²) in [5.41, 5.74) is 0.939. The van der Waals surface area contributed by atoms with Crippen molar-refractivity contribution in [2.45, 2.75) is 19.9 Å². The van der Waals surface area contributed by atoms with E-state index in [0.29, 0.717) is 5.69 Å². The first-order chi connectivity index (χ1) is 10.4. The van der Waals surface area contributed by atoms with Gasteiger partial charge in [0.25, 0.3) is 11.2 Å². The normalized spacial score (nSPS) is 11.7. The number of nitro groups is 1. The van der Waals surface area contributed by atoms with E-state index in [4.69, 9.17) is 0 Å².